The normalized spacial score (nSPS) is 10.1. The molecule has 0 aliphatic carbocycles. The maximum atomic E-state index is 11.7. The molecule has 0 radical (unpaired) electrons. The van der Waals surface area contributed by atoms with E-state index >= 15 is 0 Å². The van der Waals surface area contributed by atoms with Crippen LogP contribution in [0.5, 0.6) is 0 Å². The van der Waals surface area contributed by atoms with E-state index in [2.05, 4.69) is 20.3 Å². The van der Waals surface area contributed by atoms with Gasteiger partial charge >= 0.3 is 0 Å². The Morgan fingerprint density at radius 2 is 2.31 bits per heavy atom. The van der Waals surface area contributed by atoms with Crippen LogP contribution in [0.2, 0.25) is 5.02 Å². The fourth-order valence-electron chi connectivity index (χ4n) is 1.09. The van der Waals surface area contributed by atoms with Crippen molar-refractivity contribution < 1.29 is 4.79 Å². The van der Waals surface area contributed by atoms with Gasteiger partial charge in [-0.05, 0) is 6.07 Å². The molecule has 0 spiro atoms. The van der Waals surface area contributed by atoms with Crippen molar-refractivity contribution >= 4 is 29.3 Å². The third kappa shape index (κ3) is 2.12. The molecule has 2 aromatic rings. The number of nitrogens with two attached hydrogens (primary N) is 1. The minimum Gasteiger partial charge on any atom is -0.382 e. The standard InChI is InChI=1S/C9H8ClN5O/c10-6-3-5(4-14-7(6)11)8(16)15-9-12-1-2-13-9/h1-4H,(H2,11,14)(H2,12,13,15,16). The van der Waals surface area contributed by atoms with Crippen LogP contribution in [-0.2, 0) is 0 Å². The molecule has 0 atom stereocenters. The Bertz CT molecular complexity index is 511. The highest BCUT2D eigenvalue weighted by molar-refractivity contribution is 6.33. The van der Waals surface area contributed by atoms with Gasteiger partial charge in [0.25, 0.3) is 5.91 Å². The van der Waals surface area contributed by atoms with Gasteiger partial charge in [-0.2, -0.15) is 0 Å². The molecule has 0 bridgehead atoms. The second kappa shape index (κ2) is 4.19. The molecular weight excluding hydrogens is 230 g/mol. The average molecular weight is 238 g/mol. The van der Waals surface area contributed by atoms with Gasteiger partial charge in [-0.3, -0.25) is 10.1 Å². The number of anilines is 2. The Balaban J connectivity index is 2.18. The number of hydrogen-bond donors (Lipinski definition) is 3. The molecule has 1 amide bonds. The van der Waals surface area contributed by atoms with E-state index in [1.165, 1.54) is 18.5 Å². The topological polar surface area (TPSA) is 96.7 Å². The molecule has 7 heteroatoms. The summed E-state index contributed by atoms with van der Waals surface area (Å²) in [6.07, 6.45) is 4.48. The largest absolute Gasteiger partial charge is 0.382 e. The van der Waals surface area contributed by atoms with Crippen molar-refractivity contribution in [2.24, 2.45) is 0 Å². The van der Waals surface area contributed by atoms with E-state index in [9.17, 15) is 4.79 Å². The molecule has 6 nitrogen and oxygen atoms in total. The summed E-state index contributed by atoms with van der Waals surface area (Å²) in [4.78, 5) is 22.0. The number of H-pyrrole nitrogens is 1. The summed E-state index contributed by atoms with van der Waals surface area (Å²) in [5.74, 6) is 0.193. The second-order valence-corrected chi connectivity index (χ2v) is 3.39. The van der Waals surface area contributed by atoms with Crippen LogP contribution in [0.4, 0.5) is 11.8 Å². The number of hydrogen-bond acceptors (Lipinski definition) is 4. The number of imidazole rings is 1. The fourth-order valence-corrected chi connectivity index (χ4v) is 1.25. The predicted octanol–water partition coefficient (Wildman–Crippen LogP) is 1.29. The van der Waals surface area contributed by atoms with E-state index in [0.29, 0.717) is 11.5 Å². The summed E-state index contributed by atoms with van der Waals surface area (Å²) in [6.45, 7) is 0. The first kappa shape index (κ1) is 10.4. The maximum absolute atomic E-state index is 11.7. The number of nitrogen functional groups attached to an aromatic ring is 1. The number of carbonyl (C=O) groups is 1. The summed E-state index contributed by atoms with van der Waals surface area (Å²) >= 11 is 5.75. The molecule has 82 valence electrons. The molecule has 0 saturated heterocycles. The molecule has 0 aliphatic rings. The molecule has 0 unspecified atom stereocenters. The fraction of sp³-hybridized carbons (Fsp3) is 0. The molecule has 2 rings (SSSR count). The third-order valence-electron chi connectivity index (χ3n) is 1.86. The monoisotopic (exact) mass is 237 g/mol. The van der Waals surface area contributed by atoms with Crippen LogP contribution >= 0.6 is 11.6 Å². The highest BCUT2D eigenvalue weighted by Gasteiger charge is 2.09. The molecule has 4 N–H and O–H groups in total. The van der Waals surface area contributed by atoms with E-state index in [4.69, 9.17) is 17.3 Å². The van der Waals surface area contributed by atoms with Gasteiger partial charge in [0.05, 0.1) is 10.6 Å². The van der Waals surface area contributed by atoms with Gasteiger partial charge in [0, 0.05) is 18.6 Å². The molecule has 2 heterocycles. The molecule has 2 aromatic heterocycles. The number of halogens is 1. The summed E-state index contributed by atoms with van der Waals surface area (Å²) in [5, 5.41) is 2.78. The van der Waals surface area contributed by atoms with Crippen molar-refractivity contribution in [2.75, 3.05) is 11.1 Å². The van der Waals surface area contributed by atoms with E-state index in [-0.39, 0.29) is 16.7 Å². The lowest BCUT2D eigenvalue weighted by Crippen LogP contribution is -2.13. The van der Waals surface area contributed by atoms with Crippen molar-refractivity contribution in [3.63, 3.8) is 0 Å². The lowest BCUT2D eigenvalue weighted by molar-refractivity contribution is 0.102. The van der Waals surface area contributed by atoms with Gasteiger partial charge in [-0.1, -0.05) is 11.6 Å². The Labute approximate surface area is 95.9 Å². The second-order valence-electron chi connectivity index (χ2n) is 2.98. The summed E-state index contributed by atoms with van der Waals surface area (Å²) in [6, 6.07) is 1.45. The highest BCUT2D eigenvalue weighted by Crippen LogP contribution is 2.17. The first-order chi connectivity index (χ1) is 7.66. The lowest BCUT2D eigenvalue weighted by atomic mass is 10.2. The zero-order valence-corrected chi connectivity index (χ0v) is 8.82. The number of nitrogens with zero attached hydrogens (tertiary/aromatic N) is 2. The number of carbonyl (C=O) groups excluding carboxylic acids is 1. The van der Waals surface area contributed by atoms with Crippen LogP contribution in [0.25, 0.3) is 0 Å². The van der Waals surface area contributed by atoms with E-state index < -0.39 is 0 Å². The van der Waals surface area contributed by atoms with Crippen LogP contribution in [0.3, 0.4) is 0 Å². The van der Waals surface area contributed by atoms with Gasteiger partial charge in [0.15, 0.2) is 0 Å². The molecule has 0 aromatic carbocycles. The number of amides is 1. The van der Waals surface area contributed by atoms with Crippen LogP contribution < -0.4 is 11.1 Å². The minimum absolute atomic E-state index is 0.191. The van der Waals surface area contributed by atoms with Crippen molar-refractivity contribution in [3.05, 3.63) is 35.2 Å². The molecule has 0 aliphatic heterocycles. The SMILES string of the molecule is Nc1ncc(C(=O)Nc2ncc[nH]2)cc1Cl. The predicted molar refractivity (Wildman–Crippen MR) is 60.2 cm³/mol. The third-order valence-corrected chi connectivity index (χ3v) is 2.16. The zero-order valence-electron chi connectivity index (χ0n) is 8.07. The van der Waals surface area contributed by atoms with Crippen LogP contribution in [0.1, 0.15) is 10.4 Å². The van der Waals surface area contributed by atoms with E-state index in [1.54, 1.807) is 6.20 Å². The van der Waals surface area contributed by atoms with Gasteiger partial charge in [0.1, 0.15) is 5.82 Å². The number of pyridine rings is 1. The van der Waals surface area contributed by atoms with Crippen LogP contribution in [0, 0.1) is 0 Å². The van der Waals surface area contributed by atoms with Crippen LogP contribution in [0.15, 0.2) is 24.7 Å². The Morgan fingerprint density at radius 1 is 1.50 bits per heavy atom. The van der Waals surface area contributed by atoms with Gasteiger partial charge in [-0.25, -0.2) is 9.97 Å². The number of aromatic amines is 1. The minimum atomic E-state index is -0.357. The van der Waals surface area contributed by atoms with Crippen molar-refractivity contribution in [2.45, 2.75) is 0 Å². The average Bonchev–Trinajstić information content (AvgIpc) is 2.74. The highest BCUT2D eigenvalue weighted by atomic mass is 35.5. The van der Waals surface area contributed by atoms with E-state index in [0.717, 1.165) is 0 Å². The number of rotatable bonds is 2. The molecule has 0 saturated carbocycles. The quantitative estimate of drug-likeness (QED) is 0.733. The summed E-state index contributed by atoms with van der Waals surface area (Å²) in [7, 11) is 0. The van der Waals surface area contributed by atoms with Crippen LogP contribution in [-0.4, -0.2) is 20.9 Å². The smallest absolute Gasteiger partial charge is 0.259 e. The number of aromatic nitrogens is 3. The van der Waals surface area contributed by atoms with Gasteiger partial charge in [0.2, 0.25) is 5.95 Å². The van der Waals surface area contributed by atoms with Gasteiger partial charge < -0.3 is 10.7 Å². The Morgan fingerprint density at radius 3 is 2.94 bits per heavy atom. The first-order valence-electron chi connectivity index (χ1n) is 4.38. The summed E-state index contributed by atoms with van der Waals surface area (Å²) in [5.41, 5.74) is 5.75. The first-order valence-corrected chi connectivity index (χ1v) is 4.76. The van der Waals surface area contributed by atoms with E-state index in [1.807, 2.05) is 0 Å². The van der Waals surface area contributed by atoms with Crippen molar-refractivity contribution in [3.8, 4) is 0 Å². The van der Waals surface area contributed by atoms with Crippen molar-refractivity contribution in [1.29, 1.82) is 0 Å². The Hall–Kier alpha value is -2.08. The molecular formula is C9H8ClN5O. The maximum Gasteiger partial charge on any atom is 0.259 e. The summed E-state index contributed by atoms with van der Waals surface area (Å²) < 4.78 is 0. The Kier molecular flexibility index (Phi) is 2.74. The zero-order chi connectivity index (χ0) is 11.5. The number of nitrogens with one attached hydrogen (secondary N) is 2. The van der Waals surface area contributed by atoms with Gasteiger partial charge in [-0.15, -0.1) is 0 Å². The van der Waals surface area contributed by atoms with Crippen molar-refractivity contribution in [1.82, 2.24) is 15.0 Å². The lowest BCUT2D eigenvalue weighted by Gasteiger charge is -2.03. The molecule has 0 fully saturated rings. The molecule has 16 heavy (non-hydrogen) atoms.